The van der Waals surface area contributed by atoms with Crippen LogP contribution in [0.3, 0.4) is 0 Å². The van der Waals surface area contributed by atoms with E-state index in [-0.39, 0.29) is 10.9 Å². The van der Waals surface area contributed by atoms with E-state index in [0.717, 1.165) is 6.42 Å². The summed E-state index contributed by atoms with van der Waals surface area (Å²) in [5, 5.41) is 13.9. The second-order valence-electron chi connectivity index (χ2n) is 7.90. The van der Waals surface area contributed by atoms with Gasteiger partial charge in [-0.15, -0.1) is 0 Å². The summed E-state index contributed by atoms with van der Waals surface area (Å²) in [6, 6.07) is 5.18. The van der Waals surface area contributed by atoms with Crippen LogP contribution in [-0.2, 0) is 0 Å². The zero-order valence-corrected chi connectivity index (χ0v) is 19.5. The number of hydrazone groups is 1. The molecular formula is C24H41N3O2S. The number of aromatic hydroxyl groups is 1. The van der Waals surface area contributed by atoms with Gasteiger partial charge >= 0.3 is 0 Å². The van der Waals surface area contributed by atoms with Crippen LogP contribution in [0.2, 0.25) is 0 Å². The highest BCUT2D eigenvalue weighted by Crippen LogP contribution is 2.22. The van der Waals surface area contributed by atoms with Crippen molar-refractivity contribution in [1.29, 1.82) is 0 Å². The van der Waals surface area contributed by atoms with Gasteiger partial charge in [0.25, 0.3) is 0 Å². The van der Waals surface area contributed by atoms with Gasteiger partial charge in [-0.2, -0.15) is 5.10 Å². The Morgan fingerprint density at radius 2 is 1.50 bits per heavy atom. The molecule has 0 aliphatic rings. The number of phenols is 1. The van der Waals surface area contributed by atoms with E-state index in [4.69, 9.17) is 10.5 Å². The van der Waals surface area contributed by atoms with Crippen molar-refractivity contribution in [2.45, 2.75) is 96.8 Å². The molecule has 170 valence electrons. The van der Waals surface area contributed by atoms with Gasteiger partial charge in [0.2, 0.25) is 0 Å². The molecule has 0 amide bonds. The predicted molar refractivity (Wildman–Crippen MR) is 131 cm³/mol. The molecule has 0 atom stereocenters. The molecule has 5 nitrogen and oxygen atoms in total. The number of nitrogens with zero attached hydrogens (tertiary/aromatic N) is 1. The van der Waals surface area contributed by atoms with Gasteiger partial charge in [-0.3, -0.25) is 5.43 Å². The van der Waals surface area contributed by atoms with Gasteiger partial charge < -0.3 is 15.6 Å². The molecule has 0 unspecified atom stereocenters. The number of hydrogen-bond donors (Lipinski definition) is 3. The largest absolute Gasteiger partial charge is 0.507 e. The van der Waals surface area contributed by atoms with Crippen LogP contribution in [-0.4, -0.2) is 23.0 Å². The molecule has 4 N–H and O–H groups in total. The van der Waals surface area contributed by atoms with Crippen molar-refractivity contribution in [2.24, 2.45) is 10.8 Å². The topological polar surface area (TPSA) is 79.9 Å². The number of nitrogens with one attached hydrogen (secondary N) is 1. The third kappa shape index (κ3) is 14.2. The number of phenolic OH excluding ortho intramolecular Hbond substituents is 1. The van der Waals surface area contributed by atoms with E-state index >= 15 is 0 Å². The molecule has 0 saturated heterocycles. The molecule has 0 aliphatic carbocycles. The molecule has 1 rings (SSSR count). The summed E-state index contributed by atoms with van der Waals surface area (Å²) in [5.41, 5.74) is 8.32. The lowest BCUT2D eigenvalue weighted by molar-refractivity contribution is 0.302. The highest BCUT2D eigenvalue weighted by Gasteiger charge is 2.02. The van der Waals surface area contributed by atoms with E-state index in [1.165, 1.54) is 89.7 Å². The summed E-state index contributed by atoms with van der Waals surface area (Å²) in [6.07, 6.45) is 20.3. The molecule has 0 fully saturated rings. The van der Waals surface area contributed by atoms with Gasteiger partial charge in [-0.1, -0.05) is 90.4 Å². The van der Waals surface area contributed by atoms with E-state index in [0.29, 0.717) is 17.9 Å². The minimum atomic E-state index is 0.0823. The molecule has 1 aromatic rings. The second-order valence-corrected chi connectivity index (χ2v) is 8.34. The van der Waals surface area contributed by atoms with Crippen LogP contribution in [0.15, 0.2) is 23.3 Å². The fraction of sp³-hybridized carbons (Fsp3) is 0.667. The van der Waals surface area contributed by atoms with E-state index < -0.39 is 0 Å². The second kappa shape index (κ2) is 18.0. The number of nitrogens with two attached hydrogens (primary N) is 1. The lowest BCUT2D eigenvalue weighted by atomic mass is 10.0. The van der Waals surface area contributed by atoms with Crippen molar-refractivity contribution >= 4 is 23.5 Å². The molecule has 0 aromatic heterocycles. The molecule has 0 bridgehead atoms. The van der Waals surface area contributed by atoms with Crippen molar-refractivity contribution in [3.8, 4) is 11.5 Å². The highest BCUT2D eigenvalue weighted by molar-refractivity contribution is 7.80. The lowest BCUT2D eigenvalue weighted by Gasteiger charge is -2.08. The van der Waals surface area contributed by atoms with E-state index in [1.54, 1.807) is 12.1 Å². The van der Waals surface area contributed by atoms with Crippen LogP contribution >= 0.6 is 12.2 Å². The fourth-order valence-electron chi connectivity index (χ4n) is 3.37. The normalized spacial score (nSPS) is 11.1. The summed E-state index contributed by atoms with van der Waals surface area (Å²) < 4.78 is 5.73. The molecule has 0 radical (unpaired) electrons. The summed E-state index contributed by atoms with van der Waals surface area (Å²) >= 11 is 4.66. The van der Waals surface area contributed by atoms with E-state index in [1.807, 2.05) is 6.07 Å². The monoisotopic (exact) mass is 435 g/mol. The number of unbranched alkanes of at least 4 members (excludes halogenated alkanes) is 13. The molecule has 6 heteroatoms. The first-order valence-corrected chi connectivity index (χ1v) is 12.1. The lowest BCUT2D eigenvalue weighted by Crippen LogP contribution is -2.23. The maximum Gasteiger partial charge on any atom is 0.184 e. The third-order valence-electron chi connectivity index (χ3n) is 5.15. The summed E-state index contributed by atoms with van der Waals surface area (Å²) in [7, 11) is 0. The van der Waals surface area contributed by atoms with Gasteiger partial charge in [-0.05, 0) is 30.8 Å². The first-order valence-electron chi connectivity index (χ1n) is 11.7. The Morgan fingerprint density at radius 3 is 2.00 bits per heavy atom. The zero-order valence-electron chi connectivity index (χ0n) is 18.7. The van der Waals surface area contributed by atoms with Gasteiger partial charge in [0.1, 0.15) is 11.5 Å². The fourth-order valence-corrected chi connectivity index (χ4v) is 3.43. The number of thiocarbonyl (C=S) groups is 1. The standard InChI is InChI=1S/C24H41N3O2S/c1-2-3-4-5-6-7-8-9-10-11-12-13-14-15-18-29-22-17-16-21(23(28)19-22)20-26-27-24(25)30/h16-17,19-20,28H,2-15,18H2,1H3,(H3,25,27,30). The quantitative estimate of drug-likeness (QED) is 0.107. The molecular weight excluding hydrogens is 394 g/mol. The van der Waals surface area contributed by atoms with Gasteiger partial charge in [0, 0.05) is 11.6 Å². The van der Waals surface area contributed by atoms with Crippen LogP contribution in [0.4, 0.5) is 0 Å². The van der Waals surface area contributed by atoms with Gasteiger partial charge in [0.15, 0.2) is 5.11 Å². The molecule has 0 saturated carbocycles. The number of benzene rings is 1. The van der Waals surface area contributed by atoms with Crippen LogP contribution in [0, 0.1) is 0 Å². The van der Waals surface area contributed by atoms with Crippen LogP contribution < -0.4 is 15.9 Å². The van der Waals surface area contributed by atoms with Crippen molar-refractivity contribution in [2.75, 3.05) is 6.61 Å². The molecule has 30 heavy (non-hydrogen) atoms. The Morgan fingerprint density at radius 1 is 0.967 bits per heavy atom. The molecule has 0 aliphatic heterocycles. The third-order valence-corrected chi connectivity index (χ3v) is 5.24. The number of rotatable bonds is 18. The summed E-state index contributed by atoms with van der Waals surface area (Å²) in [4.78, 5) is 0. The zero-order chi connectivity index (χ0) is 21.9. The molecule has 0 heterocycles. The van der Waals surface area contributed by atoms with Crippen LogP contribution in [0.25, 0.3) is 0 Å². The Balaban J connectivity index is 1.97. The van der Waals surface area contributed by atoms with E-state index in [2.05, 4.69) is 29.7 Å². The maximum atomic E-state index is 10.0. The highest BCUT2D eigenvalue weighted by atomic mass is 32.1. The Bertz CT molecular complexity index is 608. The average Bonchev–Trinajstić information content (AvgIpc) is 2.72. The van der Waals surface area contributed by atoms with Crippen LogP contribution in [0.5, 0.6) is 11.5 Å². The maximum absolute atomic E-state index is 10.0. The van der Waals surface area contributed by atoms with Crippen molar-refractivity contribution in [1.82, 2.24) is 5.43 Å². The minimum Gasteiger partial charge on any atom is -0.507 e. The van der Waals surface area contributed by atoms with Gasteiger partial charge in [0.05, 0.1) is 12.8 Å². The summed E-state index contributed by atoms with van der Waals surface area (Å²) in [5.74, 6) is 0.781. The van der Waals surface area contributed by atoms with Crippen molar-refractivity contribution in [3.05, 3.63) is 23.8 Å². The predicted octanol–water partition coefficient (Wildman–Crippen LogP) is 6.42. The molecule has 0 spiro atoms. The van der Waals surface area contributed by atoms with E-state index in [9.17, 15) is 5.11 Å². The number of hydrogen-bond acceptors (Lipinski definition) is 4. The smallest absolute Gasteiger partial charge is 0.184 e. The van der Waals surface area contributed by atoms with Crippen LogP contribution in [0.1, 0.15) is 102 Å². The first-order chi connectivity index (χ1) is 14.6. The minimum absolute atomic E-state index is 0.0823. The number of ether oxygens (including phenoxy) is 1. The average molecular weight is 436 g/mol. The van der Waals surface area contributed by atoms with Crippen molar-refractivity contribution < 1.29 is 9.84 Å². The molecule has 1 aromatic carbocycles. The Hall–Kier alpha value is -1.82. The SMILES string of the molecule is CCCCCCCCCCCCCCCCOc1ccc(C=NNC(N)=S)c(O)c1. The first kappa shape index (κ1) is 26.2. The Labute approximate surface area is 188 Å². The Kier molecular flexibility index (Phi) is 15.7. The summed E-state index contributed by atoms with van der Waals surface area (Å²) in [6.45, 7) is 2.95. The van der Waals surface area contributed by atoms with Gasteiger partial charge in [-0.25, -0.2) is 0 Å². The van der Waals surface area contributed by atoms with Crippen molar-refractivity contribution in [3.63, 3.8) is 0 Å².